The van der Waals surface area contributed by atoms with Crippen LogP contribution in [0.5, 0.6) is 0 Å². The summed E-state index contributed by atoms with van der Waals surface area (Å²) >= 11 is 0. The van der Waals surface area contributed by atoms with E-state index >= 15 is 0 Å². The molecule has 1 aromatic rings. The summed E-state index contributed by atoms with van der Waals surface area (Å²) in [5, 5.41) is 10.9. The summed E-state index contributed by atoms with van der Waals surface area (Å²) in [6, 6.07) is 10.9. The molecular weight excluding hydrogens is 442 g/mol. The van der Waals surface area contributed by atoms with Crippen LogP contribution in [-0.2, 0) is 11.3 Å². The number of likely N-dealkylation sites (N-methyl/N-ethyl adjacent to an activating group) is 1. The topological polar surface area (TPSA) is 32.7 Å². The van der Waals surface area contributed by atoms with Crippen molar-refractivity contribution in [2.45, 2.75) is 110 Å². The fourth-order valence-corrected chi connectivity index (χ4v) is 11.8. The maximum atomic E-state index is 10.9. The predicted octanol–water partition coefficient (Wildman–Crippen LogP) is 6.69. The van der Waals surface area contributed by atoms with Crippen LogP contribution < -0.4 is 0 Å². The molecule has 0 bridgehead atoms. The minimum absolute atomic E-state index is 0.0965. The summed E-state index contributed by atoms with van der Waals surface area (Å²) < 4.78 is 6.98. The molecule has 3 heteroatoms. The Morgan fingerprint density at radius 2 is 1.67 bits per heavy atom. The molecule has 5 aliphatic carbocycles. The highest BCUT2D eigenvalue weighted by Gasteiger charge is 2.80. The molecule has 0 amide bonds. The number of aliphatic hydroxyl groups is 1. The van der Waals surface area contributed by atoms with Crippen molar-refractivity contribution >= 4 is 0 Å². The van der Waals surface area contributed by atoms with E-state index in [1.165, 1.54) is 63.4 Å². The number of aliphatic hydroxyl groups excluding tert-OH is 1. The number of hydrogen-bond donors (Lipinski definition) is 1. The van der Waals surface area contributed by atoms with Gasteiger partial charge in [-0.2, -0.15) is 0 Å². The molecule has 2 spiro atoms. The standard InChI is InChI=1S/C33H49NO2/c1-30(2)28-13-12-24-26-18-27-25(11-10-23(36-27)20-34(4)19-22-8-6-5-7-9-22)31(26,3)16-17-32(24)21-33(28,32)15-14-29(30)35/h5-9,23-29,35H,10-21H2,1-4H3/t23?,24?,25?,26?,27?,28?,29-,31?,32?,33?/m0/s1. The van der Waals surface area contributed by atoms with Crippen LogP contribution in [0.3, 0.4) is 0 Å². The first-order valence-electron chi connectivity index (χ1n) is 15.3. The molecule has 36 heavy (non-hydrogen) atoms. The van der Waals surface area contributed by atoms with Crippen LogP contribution in [0.4, 0.5) is 0 Å². The molecule has 9 unspecified atom stereocenters. The second-order valence-corrected chi connectivity index (χ2v) is 15.1. The second-order valence-electron chi connectivity index (χ2n) is 15.1. The molecule has 1 N–H and O–H groups in total. The Morgan fingerprint density at radius 1 is 0.889 bits per heavy atom. The van der Waals surface area contributed by atoms with E-state index in [4.69, 9.17) is 4.74 Å². The molecule has 1 saturated heterocycles. The smallest absolute Gasteiger partial charge is 0.0706 e. The van der Waals surface area contributed by atoms with Gasteiger partial charge in [-0.3, -0.25) is 4.90 Å². The van der Waals surface area contributed by atoms with Gasteiger partial charge in [-0.1, -0.05) is 51.1 Å². The van der Waals surface area contributed by atoms with Crippen molar-refractivity contribution in [1.82, 2.24) is 4.90 Å². The molecule has 198 valence electrons. The number of ether oxygens (including phenoxy) is 1. The minimum atomic E-state index is -0.101. The lowest BCUT2D eigenvalue weighted by molar-refractivity contribution is -0.135. The van der Waals surface area contributed by atoms with Crippen LogP contribution >= 0.6 is 0 Å². The zero-order chi connectivity index (χ0) is 24.9. The Morgan fingerprint density at radius 3 is 2.47 bits per heavy atom. The molecule has 1 aliphatic heterocycles. The van der Waals surface area contributed by atoms with Crippen LogP contribution in [0, 0.1) is 45.3 Å². The Balaban J connectivity index is 1.06. The Labute approximate surface area is 219 Å². The van der Waals surface area contributed by atoms with E-state index in [-0.39, 0.29) is 11.5 Å². The molecule has 6 aliphatic rings. The van der Waals surface area contributed by atoms with Gasteiger partial charge in [-0.25, -0.2) is 0 Å². The van der Waals surface area contributed by atoms with E-state index in [9.17, 15) is 5.11 Å². The molecule has 7 rings (SSSR count). The normalized spacial score (nSPS) is 50.4. The van der Waals surface area contributed by atoms with Gasteiger partial charge in [0.15, 0.2) is 0 Å². The van der Waals surface area contributed by atoms with E-state index < -0.39 is 0 Å². The lowest BCUT2D eigenvalue weighted by Crippen LogP contribution is -2.54. The Kier molecular flexibility index (Phi) is 5.41. The van der Waals surface area contributed by atoms with E-state index in [2.05, 4.69) is 63.1 Å². The van der Waals surface area contributed by atoms with E-state index in [0.717, 1.165) is 43.2 Å². The highest BCUT2D eigenvalue weighted by Crippen LogP contribution is 2.87. The molecule has 3 nitrogen and oxygen atoms in total. The maximum absolute atomic E-state index is 10.9. The summed E-state index contributed by atoms with van der Waals surface area (Å²) in [6.45, 7) is 9.50. The molecule has 0 radical (unpaired) electrons. The minimum Gasteiger partial charge on any atom is -0.393 e. The van der Waals surface area contributed by atoms with Crippen molar-refractivity contribution in [2.24, 2.45) is 45.3 Å². The van der Waals surface area contributed by atoms with Crippen LogP contribution in [0.15, 0.2) is 30.3 Å². The monoisotopic (exact) mass is 491 g/mol. The highest BCUT2D eigenvalue weighted by molar-refractivity contribution is 5.29. The van der Waals surface area contributed by atoms with Gasteiger partial charge in [0, 0.05) is 13.1 Å². The molecule has 1 heterocycles. The van der Waals surface area contributed by atoms with Crippen LogP contribution in [-0.4, -0.2) is 41.9 Å². The summed E-state index contributed by atoms with van der Waals surface area (Å²) in [5.41, 5.74) is 3.13. The van der Waals surface area contributed by atoms with Gasteiger partial charge >= 0.3 is 0 Å². The summed E-state index contributed by atoms with van der Waals surface area (Å²) in [5.74, 6) is 3.27. The summed E-state index contributed by atoms with van der Waals surface area (Å²) in [7, 11) is 2.26. The lowest BCUT2D eigenvalue weighted by atomic mass is 9.46. The third kappa shape index (κ3) is 3.21. The first-order valence-corrected chi connectivity index (χ1v) is 15.3. The average Bonchev–Trinajstić information content (AvgIpc) is 3.43. The number of nitrogens with zero attached hydrogens (tertiary/aromatic N) is 1. The van der Waals surface area contributed by atoms with Gasteiger partial charge < -0.3 is 9.84 Å². The Bertz CT molecular complexity index is 993. The maximum Gasteiger partial charge on any atom is 0.0706 e. The first-order chi connectivity index (χ1) is 17.2. The quantitative estimate of drug-likeness (QED) is 0.509. The number of rotatable bonds is 4. The Hall–Kier alpha value is -0.900. The summed E-state index contributed by atoms with van der Waals surface area (Å²) in [6.07, 6.45) is 14.1. The van der Waals surface area contributed by atoms with Crippen LogP contribution in [0.25, 0.3) is 0 Å². The first kappa shape index (κ1) is 24.2. The van der Waals surface area contributed by atoms with Gasteiger partial charge in [-0.15, -0.1) is 0 Å². The van der Waals surface area contributed by atoms with Gasteiger partial charge in [0.1, 0.15) is 0 Å². The number of benzene rings is 1. The molecular formula is C33H49NO2. The third-order valence-electron chi connectivity index (χ3n) is 13.5. The van der Waals surface area contributed by atoms with Crippen molar-refractivity contribution in [1.29, 1.82) is 0 Å². The van der Waals surface area contributed by atoms with Gasteiger partial charge in [0.2, 0.25) is 0 Å². The predicted molar refractivity (Wildman–Crippen MR) is 144 cm³/mol. The molecule has 6 fully saturated rings. The molecule has 10 atom stereocenters. The second kappa shape index (κ2) is 8.06. The number of fused-ring (bicyclic) bond motifs is 4. The average molecular weight is 492 g/mol. The van der Waals surface area contributed by atoms with Gasteiger partial charge in [0.05, 0.1) is 18.3 Å². The van der Waals surface area contributed by atoms with Crippen LogP contribution in [0.2, 0.25) is 0 Å². The molecule has 1 aromatic carbocycles. The fraction of sp³-hybridized carbons (Fsp3) is 0.818. The van der Waals surface area contributed by atoms with E-state index in [1.807, 2.05) is 0 Å². The molecule has 0 aromatic heterocycles. The SMILES string of the molecule is CN(Cc1ccccc1)CC1CCC2C(CC3C4CCC5C(C)(C)[C@@H](O)CCC56CC46CCC23C)O1. The number of hydrogen-bond acceptors (Lipinski definition) is 3. The van der Waals surface area contributed by atoms with Crippen molar-refractivity contribution in [2.75, 3.05) is 13.6 Å². The third-order valence-corrected chi connectivity index (χ3v) is 13.5. The van der Waals surface area contributed by atoms with Crippen molar-refractivity contribution < 1.29 is 9.84 Å². The fourth-order valence-electron chi connectivity index (χ4n) is 11.8. The molecule has 5 saturated carbocycles. The zero-order valence-electron chi connectivity index (χ0n) is 23.2. The zero-order valence-corrected chi connectivity index (χ0v) is 23.2. The lowest BCUT2D eigenvalue weighted by Gasteiger charge is -2.59. The van der Waals surface area contributed by atoms with Gasteiger partial charge in [0.25, 0.3) is 0 Å². The largest absolute Gasteiger partial charge is 0.393 e. The van der Waals surface area contributed by atoms with E-state index in [0.29, 0.717) is 28.5 Å². The van der Waals surface area contributed by atoms with E-state index in [1.54, 1.807) is 0 Å². The van der Waals surface area contributed by atoms with Crippen molar-refractivity contribution in [3.05, 3.63) is 35.9 Å². The van der Waals surface area contributed by atoms with Crippen LogP contribution in [0.1, 0.15) is 90.5 Å². The van der Waals surface area contributed by atoms with Crippen molar-refractivity contribution in [3.8, 4) is 0 Å². The highest BCUT2D eigenvalue weighted by atomic mass is 16.5. The van der Waals surface area contributed by atoms with Gasteiger partial charge in [-0.05, 0) is 122 Å². The van der Waals surface area contributed by atoms with Crippen molar-refractivity contribution in [3.63, 3.8) is 0 Å². The summed E-state index contributed by atoms with van der Waals surface area (Å²) in [4.78, 5) is 2.47.